The average molecular weight is 318 g/mol. The van der Waals surface area contributed by atoms with Gasteiger partial charge in [0.25, 0.3) is 0 Å². The smallest absolute Gasteiger partial charge is 0.239 e. The number of carbonyl (C=O) groups excluding carboxylic acids is 1. The first-order valence-corrected chi connectivity index (χ1v) is 9.49. The van der Waals surface area contributed by atoms with Crippen molar-refractivity contribution in [1.29, 1.82) is 0 Å². The number of hydrogen-bond acceptors (Lipinski definition) is 3. The molecule has 1 heterocycles. The highest BCUT2D eigenvalue weighted by Gasteiger charge is 2.24. The Morgan fingerprint density at radius 3 is 2.95 bits per heavy atom. The number of anilines is 1. The van der Waals surface area contributed by atoms with Crippen molar-refractivity contribution < 1.29 is 4.79 Å². The molecule has 120 valence electrons. The molecule has 2 atom stereocenters. The van der Waals surface area contributed by atoms with Gasteiger partial charge in [0, 0.05) is 17.5 Å². The van der Waals surface area contributed by atoms with E-state index in [2.05, 4.69) is 41.4 Å². The number of nitrogens with one attached hydrogen (secondary N) is 1. The van der Waals surface area contributed by atoms with Gasteiger partial charge < -0.3 is 10.2 Å². The molecule has 1 aliphatic heterocycles. The summed E-state index contributed by atoms with van der Waals surface area (Å²) in [6, 6.07) is 8.83. The van der Waals surface area contributed by atoms with Gasteiger partial charge in [-0.25, -0.2) is 0 Å². The molecular weight excluding hydrogens is 292 g/mol. The van der Waals surface area contributed by atoms with Crippen molar-refractivity contribution in [3.05, 3.63) is 24.3 Å². The van der Waals surface area contributed by atoms with E-state index in [0.717, 1.165) is 25.1 Å². The van der Waals surface area contributed by atoms with Crippen molar-refractivity contribution in [3.63, 3.8) is 0 Å². The van der Waals surface area contributed by atoms with Crippen LogP contribution >= 0.6 is 11.8 Å². The van der Waals surface area contributed by atoms with Gasteiger partial charge in [0.1, 0.15) is 0 Å². The summed E-state index contributed by atoms with van der Waals surface area (Å²) in [5, 5.41) is 3.28. The van der Waals surface area contributed by atoms with E-state index >= 15 is 0 Å². The van der Waals surface area contributed by atoms with Crippen molar-refractivity contribution in [1.82, 2.24) is 5.32 Å². The molecule has 4 heteroatoms. The number of carbonyl (C=O) groups is 1. The monoisotopic (exact) mass is 318 g/mol. The van der Waals surface area contributed by atoms with Crippen LogP contribution in [-0.2, 0) is 4.79 Å². The highest BCUT2D eigenvalue weighted by atomic mass is 32.2. The summed E-state index contributed by atoms with van der Waals surface area (Å²) >= 11 is 1.90. The topological polar surface area (TPSA) is 32.3 Å². The maximum atomic E-state index is 12.5. The zero-order chi connectivity index (χ0) is 15.4. The number of thioether (sulfide) groups is 1. The molecule has 1 aromatic carbocycles. The first-order valence-electron chi connectivity index (χ1n) is 8.50. The van der Waals surface area contributed by atoms with Crippen LogP contribution in [0, 0.1) is 5.92 Å². The van der Waals surface area contributed by atoms with Gasteiger partial charge in [-0.2, -0.15) is 0 Å². The fraction of sp³-hybridized carbons (Fsp3) is 0.611. The molecule has 0 unspecified atom stereocenters. The van der Waals surface area contributed by atoms with Crippen molar-refractivity contribution in [2.45, 2.75) is 50.0 Å². The van der Waals surface area contributed by atoms with Gasteiger partial charge in [0.15, 0.2) is 0 Å². The summed E-state index contributed by atoms with van der Waals surface area (Å²) in [5.74, 6) is 1.93. The molecule has 2 aliphatic rings. The molecule has 1 fully saturated rings. The van der Waals surface area contributed by atoms with E-state index in [4.69, 9.17) is 0 Å². The Labute approximate surface area is 137 Å². The zero-order valence-corrected chi connectivity index (χ0v) is 14.2. The lowest BCUT2D eigenvalue weighted by Crippen LogP contribution is -2.46. The lowest BCUT2D eigenvalue weighted by Gasteiger charge is -2.31. The van der Waals surface area contributed by atoms with E-state index in [1.807, 2.05) is 11.8 Å². The number of benzene rings is 1. The highest BCUT2D eigenvalue weighted by Crippen LogP contribution is 2.33. The maximum absolute atomic E-state index is 12.5. The number of nitrogens with zero attached hydrogens (tertiary/aromatic N) is 1. The molecule has 1 aliphatic carbocycles. The molecule has 0 aromatic heterocycles. The molecule has 0 radical (unpaired) electrons. The van der Waals surface area contributed by atoms with Gasteiger partial charge in [-0.1, -0.05) is 31.9 Å². The Morgan fingerprint density at radius 1 is 1.27 bits per heavy atom. The van der Waals surface area contributed by atoms with E-state index < -0.39 is 0 Å². The van der Waals surface area contributed by atoms with Gasteiger partial charge in [0.2, 0.25) is 5.91 Å². The Hall–Kier alpha value is -1.16. The fourth-order valence-corrected chi connectivity index (χ4v) is 4.53. The van der Waals surface area contributed by atoms with E-state index in [1.165, 1.54) is 29.8 Å². The second-order valence-corrected chi connectivity index (χ2v) is 7.66. The van der Waals surface area contributed by atoms with Crippen LogP contribution in [0.3, 0.4) is 0 Å². The van der Waals surface area contributed by atoms with Crippen LogP contribution in [-0.4, -0.2) is 30.8 Å². The fourth-order valence-electron chi connectivity index (χ4n) is 3.52. The molecule has 3 rings (SSSR count). The van der Waals surface area contributed by atoms with Crippen molar-refractivity contribution in [2.24, 2.45) is 5.92 Å². The van der Waals surface area contributed by atoms with Crippen LogP contribution in [0.15, 0.2) is 29.2 Å². The van der Waals surface area contributed by atoms with Crippen LogP contribution in [0.5, 0.6) is 0 Å². The first kappa shape index (κ1) is 15.7. The molecule has 0 saturated heterocycles. The number of hydrogen-bond donors (Lipinski definition) is 1. The van der Waals surface area contributed by atoms with Gasteiger partial charge in [-0.05, 0) is 43.1 Å². The summed E-state index contributed by atoms with van der Waals surface area (Å²) in [7, 11) is 0. The average Bonchev–Trinajstić information content (AvgIpc) is 2.72. The van der Waals surface area contributed by atoms with Crippen molar-refractivity contribution in [3.8, 4) is 0 Å². The molecule has 1 N–H and O–H groups in total. The summed E-state index contributed by atoms with van der Waals surface area (Å²) in [4.78, 5) is 16.0. The SMILES string of the molecule is C[C@@H]1CCCC[C@@H]1NC(=O)CN1CCCSc2ccccc21. The van der Waals surface area contributed by atoms with E-state index in [0.29, 0.717) is 18.5 Å². The van der Waals surface area contributed by atoms with Gasteiger partial charge in [-0.3, -0.25) is 4.79 Å². The quantitative estimate of drug-likeness (QED) is 0.922. The summed E-state index contributed by atoms with van der Waals surface area (Å²) in [6.07, 6.45) is 6.07. The van der Waals surface area contributed by atoms with E-state index in [1.54, 1.807) is 0 Å². The highest BCUT2D eigenvalue weighted by molar-refractivity contribution is 7.99. The molecule has 1 amide bonds. The molecule has 22 heavy (non-hydrogen) atoms. The predicted octanol–water partition coefficient (Wildman–Crippen LogP) is 3.68. The lowest BCUT2D eigenvalue weighted by atomic mass is 9.86. The second kappa shape index (κ2) is 7.40. The Bertz CT molecular complexity index is 520. The Balaban J connectivity index is 1.63. The molecular formula is C18H26N2OS. The maximum Gasteiger partial charge on any atom is 0.239 e. The third-order valence-corrected chi connectivity index (χ3v) is 5.98. The summed E-state index contributed by atoms with van der Waals surface area (Å²) < 4.78 is 0. The molecule has 0 bridgehead atoms. The van der Waals surface area contributed by atoms with Crippen molar-refractivity contribution >= 4 is 23.4 Å². The molecule has 1 saturated carbocycles. The first-order chi connectivity index (χ1) is 10.7. The van der Waals surface area contributed by atoms with Crippen molar-refractivity contribution in [2.75, 3.05) is 23.7 Å². The van der Waals surface area contributed by atoms with Gasteiger partial charge in [0.05, 0.1) is 12.2 Å². The number of rotatable bonds is 3. The van der Waals surface area contributed by atoms with Gasteiger partial charge in [-0.15, -0.1) is 11.8 Å². The summed E-state index contributed by atoms with van der Waals surface area (Å²) in [5.41, 5.74) is 1.22. The minimum atomic E-state index is 0.181. The van der Waals surface area contributed by atoms with Crippen LogP contribution in [0.1, 0.15) is 39.0 Å². The van der Waals surface area contributed by atoms with E-state index in [-0.39, 0.29) is 5.91 Å². The third-order valence-electron chi connectivity index (χ3n) is 4.83. The number of amides is 1. The number of fused-ring (bicyclic) bond motifs is 1. The predicted molar refractivity (Wildman–Crippen MR) is 93.6 cm³/mol. The minimum absolute atomic E-state index is 0.181. The Kier molecular flexibility index (Phi) is 5.29. The Morgan fingerprint density at radius 2 is 2.09 bits per heavy atom. The number of para-hydroxylation sites is 1. The third kappa shape index (κ3) is 3.78. The molecule has 0 spiro atoms. The molecule has 1 aromatic rings. The zero-order valence-electron chi connectivity index (χ0n) is 13.4. The minimum Gasteiger partial charge on any atom is -0.361 e. The van der Waals surface area contributed by atoms with Crippen LogP contribution in [0.2, 0.25) is 0 Å². The second-order valence-electron chi connectivity index (χ2n) is 6.53. The largest absolute Gasteiger partial charge is 0.361 e. The molecule has 3 nitrogen and oxygen atoms in total. The normalized spacial score (nSPS) is 25.2. The van der Waals surface area contributed by atoms with Crippen LogP contribution in [0.25, 0.3) is 0 Å². The lowest BCUT2D eigenvalue weighted by molar-refractivity contribution is -0.121. The van der Waals surface area contributed by atoms with Crippen LogP contribution in [0.4, 0.5) is 5.69 Å². The van der Waals surface area contributed by atoms with Crippen LogP contribution < -0.4 is 10.2 Å². The van der Waals surface area contributed by atoms with E-state index in [9.17, 15) is 4.79 Å². The standard InChI is InChI=1S/C18H26N2OS/c1-14-7-2-3-8-15(14)19-18(21)13-20-11-6-12-22-17-10-5-4-9-16(17)20/h4-5,9-10,14-15H,2-3,6-8,11-13H2,1H3,(H,19,21)/t14-,15+/m1/s1. The van der Waals surface area contributed by atoms with Gasteiger partial charge >= 0.3 is 0 Å². The summed E-state index contributed by atoms with van der Waals surface area (Å²) in [6.45, 7) is 3.72.